The van der Waals surface area contributed by atoms with E-state index in [9.17, 15) is 4.79 Å². The number of ether oxygens (including phenoxy) is 1. The normalized spacial score (nSPS) is 21.9. The van der Waals surface area contributed by atoms with Gasteiger partial charge in [0.2, 0.25) is 5.91 Å². The van der Waals surface area contributed by atoms with Crippen molar-refractivity contribution in [2.24, 2.45) is 11.1 Å². The number of hydrogen-bond acceptors (Lipinski definition) is 3. The lowest BCUT2D eigenvalue weighted by molar-refractivity contribution is -0.121. The summed E-state index contributed by atoms with van der Waals surface area (Å²) in [5.74, 6) is 0.0925. The molecule has 0 aromatic heterocycles. The van der Waals surface area contributed by atoms with Gasteiger partial charge in [0, 0.05) is 25.6 Å². The first-order valence-corrected chi connectivity index (χ1v) is 7.01. The summed E-state index contributed by atoms with van der Waals surface area (Å²) in [6, 6.07) is 0.0386. The first kappa shape index (κ1) is 15.4. The predicted octanol–water partition coefficient (Wildman–Crippen LogP) is 1.83. The molecule has 0 aliphatic carbocycles. The van der Waals surface area contributed by atoms with Crippen LogP contribution in [0.15, 0.2) is 0 Å². The van der Waals surface area contributed by atoms with E-state index in [0.717, 1.165) is 32.3 Å². The molecule has 4 heteroatoms. The Labute approximate surface area is 111 Å². The second-order valence-electron chi connectivity index (χ2n) is 6.50. The summed E-state index contributed by atoms with van der Waals surface area (Å²) < 4.78 is 5.49. The minimum absolute atomic E-state index is 0.0386. The fourth-order valence-corrected chi connectivity index (χ4v) is 2.36. The van der Waals surface area contributed by atoms with Crippen LogP contribution in [0, 0.1) is 5.41 Å². The first-order chi connectivity index (χ1) is 8.37. The van der Waals surface area contributed by atoms with Crippen molar-refractivity contribution in [3.05, 3.63) is 0 Å². The van der Waals surface area contributed by atoms with Gasteiger partial charge in [0.15, 0.2) is 0 Å². The van der Waals surface area contributed by atoms with Crippen LogP contribution in [0.4, 0.5) is 0 Å². The molecular formula is C14H28N2O2. The van der Waals surface area contributed by atoms with Crippen molar-refractivity contribution in [3.8, 4) is 0 Å². The second kappa shape index (κ2) is 7.10. The zero-order valence-corrected chi connectivity index (χ0v) is 12.0. The summed E-state index contributed by atoms with van der Waals surface area (Å²) in [4.78, 5) is 11.6. The molecule has 18 heavy (non-hydrogen) atoms. The Morgan fingerprint density at radius 2 is 2.22 bits per heavy atom. The van der Waals surface area contributed by atoms with Crippen LogP contribution in [0.5, 0.6) is 0 Å². The Morgan fingerprint density at radius 3 is 2.78 bits per heavy atom. The molecule has 3 N–H and O–H groups in total. The Morgan fingerprint density at radius 1 is 1.50 bits per heavy atom. The van der Waals surface area contributed by atoms with Crippen molar-refractivity contribution in [3.63, 3.8) is 0 Å². The molecule has 1 saturated heterocycles. The van der Waals surface area contributed by atoms with Crippen molar-refractivity contribution in [2.45, 2.75) is 65.0 Å². The number of rotatable bonds is 6. The summed E-state index contributed by atoms with van der Waals surface area (Å²) in [5, 5.41) is 2.91. The summed E-state index contributed by atoms with van der Waals surface area (Å²) in [7, 11) is 0. The number of carbonyl (C=O) groups is 1. The molecule has 1 fully saturated rings. The molecule has 0 bridgehead atoms. The molecule has 4 nitrogen and oxygen atoms in total. The fourth-order valence-electron chi connectivity index (χ4n) is 2.36. The van der Waals surface area contributed by atoms with Crippen LogP contribution in [-0.4, -0.2) is 31.2 Å². The summed E-state index contributed by atoms with van der Waals surface area (Å²) >= 11 is 0. The second-order valence-corrected chi connectivity index (χ2v) is 6.50. The average molecular weight is 256 g/mol. The van der Waals surface area contributed by atoms with E-state index in [0.29, 0.717) is 19.1 Å². The molecule has 0 saturated carbocycles. The highest BCUT2D eigenvalue weighted by atomic mass is 16.5. The molecule has 0 spiro atoms. The van der Waals surface area contributed by atoms with Crippen molar-refractivity contribution in [1.82, 2.24) is 5.32 Å². The Hall–Kier alpha value is -0.610. The van der Waals surface area contributed by atoms with E-state index in [-0.39, 0.29) is 17.4 Å². The smallest absolute Gasteiger partial charge is 0.220 e. The lowest BCUT2D eigenvalue weighted by Crippen LogP contribution is -2.39. The summed E-state index contributed by atoms with van der Waals surface area (Å²) in [6.07, 6.45) is 4.81. The van der Waals surface area contributed by atoms with Gasteiger partial charge in [-0.25, -0.2) is 0 Å². The van der Waals surface area contributed by atoms with Crippen LogP contribution >= 0.6 is 0 Å². The van der Waals surface area contributed by atoms with Crippen molar-refractivity contribution in [2.75, 3.05) is 13.2 Å². The molecule has 1 amide bonds. The maximum absolute atomic E-state index is 11.6. The molecule has 0 aromatic carbocycles. The van der Waals surface area contributed by atoms with Gasteiger partial charge in [0.1, 0.15) is 0 Å². The zero-order chi connectivity index (χ0) is 13.6. The van der Waals surface area contributed by atoms with E-state index in [4.69, 9.17) is 10.5 Å². The third-order valence-corrected chi connectivity index (χ3v) is 3.15. The molecule has 106 valence electrons. The molecule has 2 unspecified atom stereocenters. The van der Waals surface area contributed by atoms with E-state index >= 15 is 0 Å². The predicted molar refractivity (Wildman–Crippen MR) is 73.3 cm³/mol. The zero-order valence-electron chi connectivity index (χ0n) is 12.0. The Bertz CT molecular complexity index is 255. The maximum Gasteiger partial charge on any atom is 0.220 e. The van der Waals surface area contributed by atoms with Gasteiger partial charge in [0.25, 0.3) is 0 Å². The SMILES string of the molecule is CC(C)(C)CC(N)CNC(=O)CCC1CCCO1. The minimum Gasteiger partial charge on any atom is -0.378 e. The number of hydrogen-bond donors (Lipinski definition) is 2. The molecule has 0 radical (unpaired) electrons. The molecule has 1 rings (SSSR count). The molecule has 1 aliphatic heterocycles. The highest BCUT2D eigenvalue weighted by molar-refractivity contribution is 5.75. The highest BCUT2D eigenvalue weighted by Gasteiger charge is 2.18. The molecule has 1 aliphatic rings. The Kier molecular flexibility index (Phi) is 6.09. The van der Waals surface area contributed by atoms with E-state index in [2.05, 4.69) is 26.1 Å². The van der Waals surface area contributed by atoms with Gasteiger partial charge in [0.05, 0.1) is 6.10 Å². The number of carbonyl (C=O) groups excluding carboxylic acids is 1. The third kappa shape index (κ3) is 6.97. The molecule has 0 aromatic rings. The van der Waals surface area contributed by atoms with Gasteiger partial charge in [-0.05, 0) is 31.1 Å². The van der Waals surface area contributed by atoms with E-state index in [1.807, 2.05) is 0 Å². The molecular weight excluding hydrogens is 228 g/mol. The monoisotopic (exact) mass is 256 g/mol. The van der Waals surface area contributed by atoms with Gasteiger partial charge in [-0.3, -0.25) is 4.79 Å². The van der Waals surface area contributed by atoms with Gasteiger partial charge in [-0.1, -0.05) is 20.8 Å². The quantitative estimate of drug-likeness (QED) is 0.762. The third-order valence-electron chi connectivity index (χ3n) is 3.15. The van der Waals surface area contributed by atoms with E-state index in [1.165, 1.54) is 0 Å². The lowest BCUT2D eigenvalue weighted by atomic mass is 9.88. The van der Waals surface area contributed by atoms with Crippen LogP contribution in [-0.2, 0) is 9.53 Å². The van der Waals surface area contributed by atoms with E-state index < -0.39 is 0 Å². The van der Waals surface area contributed by atoms with Gasteiger partial charge >= 0.3 is 0 Å². The lowest BCUT2D eigenvalue weighted by Gasteiger charge is -2.23. The minimum atomic E-state index is 0.0386. The van der Waals surface area contributed by atoms with Crippen molar-refractivity contribution < 1.29 is 9.53 Å². The van der Waals surface area contributed by atoms with Gasteiger partial charge in [-0.15, -0.1) is 0 Å². The van der Waals surface area contributed by atoms with Crippen LogP contribution < -0.4 is 11.1 Å². The number of amides is 1. The number of nitrogens with two attached hydrogens (primary N) is 1. The molecule has 1 heterocycles. The van der Waals surface area contributed by atoms with Crippen molar-refractivity contribution in [1.29, 1.82) is 0 Å². The maximum atomic E-state index is 11.6. The average Bonchev–Trinajstić information content (AvgIpc) is 2.74. The van der Waals surface area contributed by atoms with Gasteiger partial charge in [-0.2, -0.15) is 0 Å². The van der Waals surface area contributed by atoms with Gasteiger partial charge < -0.3 is 15.8 Å². The topological polar surface area (TPSA) is 64.3 Å². The number of nitrogens with one attached hydrogen (secondary N) is 1. The van der Waals surface area contributed by atoms with Crippen LogP contribution in [0.3, 0.4) is 0 Å². The van der Waals surface area contributed by atoms with Crippen LogP contribution in [0.1, 0.15) is 52.9 Å². The van der Waals surface area contributed by atoms with Crippen LogP contribution in [0.2, 0.25) is 0 Å². The van der Waals surface area contributed by atoms with E-state index in [1.54, 1.807) is 0 Å². The highest BCUT2D eigenvalue weighted by Crippen LogP contribution is 2.19. The fraction of sp³-hybridized carbons (Fsp3) is 0.929. The largest absolute Gasteiger partial charge is 0.378 e. The van der Waals surface area contributed by atoms with Crippen LogP contribution in [0.25, 0.3) is 0 Å². The summed E-state index contributed by atoms with van der Waals surface area (Å²) in [5.41, 5.74) is 6.20. The summed E-state index contributed by atoms with van der Waals surface area (Å²) in [6.45, 7) is 7.90. The standard InChI is InChI=1S/C14H28N2O2/c1-14(2,3)9-11(15)10-16-13(17)7-6-12-5-4-8-18-12/h11-12H,4-10,15H2,1-3H3,(H,16,17). The Balaban J connectivity index is 2.08. The first-order valence-electron chi connectivity index (χ1n) is 7.01. The molecule has 2 atom stereocenters. The van der Waals surface area contributed by atoms with Crippen molar-refractivity contribution >= 4 is 5.91 Å².